The summed E-state index contributed by atoms with van der Waals surface area (Å²) in [6.45, 7) is 3.47. The van der Waals surface area contributed by atoms with Crippen LogP contribution >= 0.6 is 12.2 Å². The molecule has 3 nitrogen and oxygen atoms in total. The average molecular weight is 270 g/mol. The van der Waals surface area contributed by atoms with Crippen LogP contribution in [-0.2, 0) is 4.74 Å². The molecule has 1 rings (SSSR count). The first kappa shape index (κ1) is 14.9. The molecule has 1 atom stereocenters. The number of benzene rings is 1. The maximum absolute atomic E-state index is 12.8. The van der Waals surface area contributed by atoms with E-state index in [2.05, 4.69) is 10.6 Å². The molecule has 0 aliphatic heterocycles. The lowest BCUT2D eigenvalue weighted by Gasteiger charge is -2.17. The van der Waals surface area contributed by atoms with E-state index in [1.807, 2.05) is 6.92 Å². The Morgan fingerprint density at radius 2 is 2.06 bits per heavy atom. The molecule has 0 bridgehead atoms. The molecule has 0 saturated heterocycles. The number of hydrogen-bond acceptors (Lipinski definition) is 2. The van der Waals surface area contributed by atoms with E-state index in [4.69, 9.17) is 17.0 Å². The highest BCUT2D eigenvalue weighted by Crippen LogP contribution is 2.12. The van der Waals surface area contributed by atoms with E-state index in [9.17, 15) is 4.39 Å². The van der Waals surface area contributed by atoms with E-state index in [0.717, 1.165) is 18.5 Å². The second-order valence-corrected chi connectivity index (χ2v) is 4.43. The van der Waals surface area contributed by atoms with E-state index >= 15 is 0 Å². The molecular formula is C13H19FN2OS. The van der Waals surface area contributed by atoms with Crippen LogP contribution in [0.15, 0.2) is 24.3 Å². The van der Waals surface area contributed by atoms with Crippen LogP contribution in [0.4, 0.5) is 4.39 Å². The number of hydrogen-bond donors (Lipinski definition) is 2. The third kappa shape index (κ3) is 5.42. The molecule has 5 heteroatoms. The molecule has 18 heavy (non-hydrogen) atoms. The molecule has 0 aromatic heterocycles. The number of ether oxygens (including phenoxy) is 1. The van der Waals surface area contributed by atoms with Crippen molar-refractivity contribution >= 4 is 17.3 Å². The molecule has 100 valence electrons. The predicted octanol–water partition coefficient (Wildman–Crippen LogP) is 2.39. The number of methoxy groups -OCH3 is 1. The zero-order valence-corrected chi connectivity index (χ0v) is 11.5. The van der Waals surface area contributed by atoms with Gasteiger partial charge >= 0.3 is 0 Å². The Labute approximate surface area is 113 Å². The Morgan fingerprint density at radius 1 is 1.39 bits per heavy atom. The largest absolute Gasteiger partial charge is 0.385 e. The Balaban J connectivity index is 2.33. The maximum atomic E-state index is 12.8. The van der Waals surface area contributed by atoms with Crippen molar-refractivity contribution in [3.8, 4) is 0 Å². The van der Waals surface area contributed by atoms with Crippen LogP contribution in [-0.4, -0.2) is 25.4 Å². The van der Waals surface area contributed by atoms with Gasteiger partial charge in [0.15, 0.2) is 5.11 Å². The highest BCUT2D eigenvalue weighted by molar-refractivity contribution is 7.80. The van der Waals surface area contributed by atoms with E-state index in [1.54, 1.807) is 19.2 Å². The van der Waals surface area contributed by atoms with Gasteiger partial charge in [0.05, 0.1) is 6.04 Å². The average Bonchev–Trinajstić information content (AvgIpc) is 2.35. The van der Waals surface area contributed by atoms with Gasteiger partial charge in [-0.2, -0.15) is 0 Å². The topological polar surface area (TPSA) is 33.3 Å². The van der Waals surface area contributed by atoms with Gasteiger partial charge in [0.2, 0.25) is 0 Å². The van der Waals surface area contributed by atoms with Crippen molar-refractivity contribution in [3.05, 3.63) is 35.6 Å². The summed E-state index contributed by atoms with van der Waals surface area (Å²) in [7, 11) is 1.67. The number of rotatable bonds is 6. The van der Waals surface area contributed by atoms with Crippen LogP contribution in [0, 0.1) is 5.82 Å². The van der Waals surface area contributed by atoms with Crippen LogP contribution in [0.2, 0.25) is 0 Å². The summed E-state index contributed by atoms with van der Waals surface area (Å²) in [6.07, 6.45) is 0.906. The number of thiocarbonyl (C=S) groups is 1. The van der Waals surface area contributed by atoms with Gasteiger partial charge < -0.3 is 15.4 Å². The van der Waals surface area contributed by atoms with Crippen molar-refractivity contribution in [1.82, 2.24) is 10.6 Å². The standard InChI is InChI=1S/C13H19FN2OS/c1-10(11-4-6-12(14)7-5-11)16-13(18)15-8-3-9-17-2/h4-7,10H,3,8-9H2,1-2H3,(H2,15,16,18). The van der Waals surface area contributed by atoms with Gasteiger partial charge in [-0.3, -0.25) is 0 Å². The summed E-state index contributed by atoms with van der Waals surface area (Å²) in [5, 5.41) is 6.85. The maximum Gasteiger partial charge on any atom is 0.166 e. The second kappa shape index (κ2) is 8.00. The van der Waals surface area contributed by atoms with E-state index in [1.165, 1.54) is 12.1 Å². The van der Waals surface area contributed by atoms with Crippen LogP contribution in [0.25, 0.3) is 0 Å². The summed E-state index contributed by atoms with van der Waals surface area (Å²) in [6, 6.07) is 6.44. The number of nitrogens with one attached hydrogen (secondary N) is 2. The van der Waals surface area contributed by atoms with Crippen molar-refractivity contribution in [2.24, 2.45) is 0 Å². The molecule has 0 amide bonds. The van der Waals surface area contributed by atoms with Crippen molar-refractivity contribution in [2.75, 3.05) is 20.3 Å². The van der Waals surface area contributed by atoms with E-state index in [0.29, 0.717) is 11.7 Å². The van der Waals surface area contributed by atoms with Crippen molar-refractivity contribution < 1.29 is 9.13 Å². The highest BCUT2D eigenvalue weighted by Gasteiger charge is 2.06. The third-order valence-corrected chi connectivity index (χ3v) is 2.79. The SMILES string of the molecule is COCCCNC(=S)NC(C)c1ccc(F)cc1. The first-order valence-electron chi connectivity index (χ1n) is 5.92. The van der Waals surface area contributed by atoms with Crippen molar-refractivity contribution in [1.29, 1.82) is 0 Å². The van der Waals surface area contributed by atoms with E-state index in [-0.39, 0.29) is 11.9 Å². The Kier molecular flexibility index (Phi) is 6.60. The Morgan fingerprint density at radius 3 is 2.67 bits per heavy atom. The summed E-state index contributed by atoms with van der Waals surface area (Å²) in [4.78, 5) is 0. The van der Waals surface area contributed by atoms with Crippen LogP contribution in [0.3, 0.4) is 0 Å². The van der Waals surface area contributed by atoms with E-state index < -0.39 is 0 Å². The summed E-state index contributed by atoms with van der Waals surface area (Å²) < 4.78 is 17.7. The molecule has 0 radical (unpaired) electrons. The fourth-order valence-electron chi connectivity index (χ4n) is 1.50. The second-order valence-electron chi connectivity index (χ2n) is 4.02. The zero-order valence-electron chi connectivity index (χ0n) is 10.7. The van der Waals surface area contributed by atoms with Gasteiger partial charge in [0.25, 0.3) is 0 Å². The van der Waals surface area contributed by atoms with Crippen LogP contribution in [0.1, 0.15) is 24.9 Å². The van der Waals surface area contributed by atoms with Gasteiger partial charge in [-0.25, -0.2) is 4.39 Å². The lowest BCUT2D eigenvalue weighted by Crippen LogP contribution is -2.37. The summed E-state index contributed by atoms with van der Waals surface area (Å²) in [5.41, 5.74) is 0.998. The molecule has 1 unspecified atom stereocenters. The smallest absolute Gasteiger partial charge is 0.166 e. The monoisotopic (exact) mass is 270 g/mol. The third-order valence-electron chi connectivity index (χ3n) is 2.53. The van der Waals surface area contributed by atoms with Crippen LogP contribution in [0.5, 0.6) is 0 Å². The molecule has 1 aromatic carbocycles. The van der Waals surface area contributed by atoms with Gasteiger partial charge in [0, 0.05) is 20.3 Å². The minimum atomic E-state index is -0.230. The molecule has 0 fully saturated rings. The normalized spacial score (nSPS) is 11.9. The lowest BCUT2D eigenvalue weighted by atomic mass is 10.1. The molecule has 0 aliphatic carbocycles. The van der Waals surface area contributed by atoms with Crippen molar-refractivity contribution in [2.45, 2.75) is 19.4 Å². The molecule has 0 aliphatic rings. The van der Waals surface area contributed by atoms with Gasteiger partial charge in [-0.15, -0.1) is 0 Å². The molecular weight excluding hydrogens is 251 g/mol. The molecule has 0 heterocycles. The first-order valence-corrected chi connectivity index (χ1v) is 6.33. The van der Waals surface area contributed by atoms with Gasteiger partial charge in [-0.1, -0.05) is 12.1 Å². The quantitative estimate of drug-likeness (QED) is 0.614. The van der Waals surface area contributed by atoms with Gasteiger partial charge in [-0.05, 0) is 43.3 Å². The Bertz CT molecular complexity index is 370. The minimum absolute atomic E-state index is 0.0491. The Hall–Kier alpha value is -1.20. The fraction of sp³-hybridized carbons (Fsp3) is 0.462. The summed E-state index contributed by atoms with van der Waals surface area (Å²) >= 11 is 5.17. The van der Waals surface area contributed by atoms with Crippen LogP contribution < -0.4 is 10.6 Å². The molecule has 0 saturated carbocycles. The summed E-state index contributed by atoms with van der Waals surface area (Å²) in [5.74, 6) is -0.230. The predicted molar refractivity (Wildman–Crippen MR) is 75.0 cm³/mol. The highest BCUT2D eigenvalue weighted by atomic mass is 32.1. The number of halogens is 1. The lowest BCUT2D eigenvalue weighted by molar-refractivity contribution is 0.195. The molecule has 2 N–H and O–H groups in total. The zero-order chi connectivity index (χ0) is 13.4. The minimum Gasteiger partial charge on any atom is -0.385 e. The molecule has 0 spiro atoms. The van der Waals surface area contributed by atoms with Gasteiger partial charge in [0.1, 0.15) is 5.82 Å². The van der Waals surface area contributed by atoms with Crippen molar-refractivity contribution in [3.63, 3.8) is 0 Å². The first-order chi connectivity index (χ1) is 8.63. The fourth-order valence-corrected chi connectivity index (χ4v) is 1.78. The molecule has 1 aromatic rings.